The lowest BCUT2D eigenvalue weighted by atomic mass is 10.1. The molecule has 172 valence electrons. The van der Waals surface area contributed by atoms with Crippen molar-refractivity contribution in [2.75, 3.05) is 38.0 Å². The van der Waals surface area contributed by atoms with E-state index in [2.05, 4.69) is 27.4 Å². The zero-order valence-corrected chi connectivity index (χ0v) is 18.5. The van der Waals surface area contributed by atoms with E-state index in [0.717, 1.165) is 54.8 Å². The highest BCUT2D eigenvalue weighted by Crippen LogP contribution is 2.23. The van der Waals surface area contributed by atoms with E-state index in [1.54, 1.807) is 9.80 Å². The lowest BCUT2D eigenvalue weighted by molar-refractivity contribution is -0.139. The topological polar surface area (TPSA) is 114 Å². The number of anilines is 1. The number of fused-ring (bicyclic) bond motifs is 2. The zero-order chi connectivity index (χ0) is 22.8. The SMILES string of the molecule is O=C(O)[C@@H](CN1CCN(CCCc2ccc3c(n2)NCCC3)C1=O)c1nc2ccccc2[nH]1. The Bertz CT molecular complexity index is 1140. The minimum atomic E-state index is -0.993. The van der Waals surface area contributed by atoms with Crippen LogP contribution in [0.5, 0.6) is 0 Å². The van der Waals surface area contributed by atoms with Gasteiger partial charge in [-0.05, 0) is 49.4 Å². The van der Waals surface area contributed by atoms with E-state index in [4.69, 9.17) is 4.98 Å². The van der Waals surface area contributed by atoms with E-state index in [-0.39, 0.29) is 12.6 Å². The van der Waals surface area contributed by atoms with Crippen molar-refractivity contribution in [2.45, 2.75) is 31.6 Å². The summed E-state index contributed by atoms with van der Waals surface area (Å²) in [5.74, 6) is -0.518. The molecule has 0 saturated carbocycles. The van der Waals surface area contributed by atoms with Crippen molar-refractivity contribution in [1.29, 1.82) is 0 Å². The molecule has 1 saturated heterocycles. The van der Waals surface area contributed by atoms with Gasteiger partial charge in [-0.3, -0.25) is 4.79 Å². The molecule has 1 atom stereocenters. The maximum absolute atomic E-state index is 12.9. The molecule has 33 heavy (non-hydrogen) atoms. The molecule has 3 N–H and O–H groups in total. The molecule has 0 unspecified atom stereocenters. The summed E-state index contributed by atoms with van der Waals surface area (Å²) < 4.78 is 0. The van der Waals surface area contributed by atoms with Crippen molar-refractivity contribution in [3.05, 3.63) is 53.5 Å². The first-order chi connectivity index (χ1) is 16.1. The predicted molar refractivity (Wildman–Crippen MR) is 124 cm³/mol. The second kappa shape index (κ2) is 9.09. The highest BCUT2D eigenvalue weighted by molar-refractivity contribution is 5.81. The van der Waals surface area contributed by atoms with Crippen molar-refractivity contribution in [3.63, 3.8) is 0 Å². The zero-order valence-electron chi connectivity index (χ0n) is 18.5. The number of para-hydroxylation sites is 2. The Morgan fingerprint density at radius 1 is 1.12 bits per heavy atom. The summed E-state index contributed by atoms with van der Waals surface area (Å²) in [7, 11) is 0. The van der Waals surface area contributed by atoms with Gasteiger partial charge in [-0.2, -0.15) is 0 Å². The van der Waals surface area contributed by atoms with Crippen LogP contribution in [-0.2, 0) is 17.6 Å². The van der Waals surface area contributed by atoms with Gasteiger partial charge in [0.1, 0.15) is 17.6 Å². The number of hydrogen-bond acceptors (Lipinski definition) is 5. The number of carbonyl (C=O) groups excluding carboxylic acids is 1. The number of imidazole rings is 1. The Labute approximate surface area is 191 Å². The summed E-state index contributed by atoms with van der Waals surface area (Å²) in [5, 5.41) is 13.2. The molecule has 0 spiro atoms. The van der Waals surface area contributed by atoms with Crippen LogP contribution in [0, 0.1) is 0 Å². The molecular formula is C24H28N6O3. The summed E-state index contributed by atoms with van der Waals surface area (Å²) in [6, 6.07) is 11.5. The number of benzene rings is 1. The first-order valence-electron chi connectivity index (χ1n) is 11.5. The van der Waals surface area contributed by atoms with Crippen LogP contribution in [0.15, 0.2) is 36.4 Å². The van der Waals surface area contributed by atoms with Crippen LogP contribution in [0.1, 0.15) is 35.8 Å². The fraction of sp³-hybridized carbons (Fsp3) is 0.417. The third kappa shape index (κ3) is 4.48. The molecule has 2 aliphatic heterocycles. The number of rotatable bonds is 8. The monoisotopic (exact) mass is 448 g/mol. The third-order valence-corrected chi connectivity index (χ3v) is 6.43. The Morgan fingerprint density at radius 3 is 2.82 bits per heavy atom. The molecule has 0 bridgehead atoms. The van der Waals surface area contributed by atoms with Gasteiger partial charge in [0.2, 0.25) is 0 Å². The molecule has 1 fully saturated rings. The number of aliphatic carboxylic acids is 1. The van der Waals surface area contributed by atoms with Crippen LogP contribution in [0.25, 0.3) is 11.0 Å². The van der Waals surface area contributed by atoms with Crippen LogP contribution < -0.4 is 5.32 Å². The smallest absolute Gasteiger partial charge is 0.320 e. The number of carboxylic acid groups (broad SMARTS) is 1. The van der Waals surface area contributed by atoms with E-state index in [9.17, 15) is 14.7 Å². The Balaban J connectivity index is 1.17. The van der Waals surface area contributed by atoms with Gasteiger partial charge < -0.3 is 25.2 Å². The number of carbonyl (C=O) groups is 2. The molecule has 1 aromatic carbocycles. The normalized spacial score (nSPS) is 16.7. The van der Waals surface area contributed by atoms with Gasteiger partial charge in [0, 0.05) is 38.4 Å². The average molecular weight is 449 g/mol. The van der Waals surface area contributed by atoms with Crippen molar-refractivity contribution in [1.82, 2.24) is 24.8 Å². The second-order valence-electron chi connectivity index (χ2n) is 8.69. The summed E-state index contributed by atoms with van der Waals surface area (Å²) in [5.41, 5.74) is 3.81. The third-order valence-electron chi connectivity index (χ3n) is 6.43. The van der Waals surface area contributed by atoms with Gasteiger partial charge in [-0.25, -0.2) is 14.8 Å². The highest BCUT2D eigenvalue weighted by atomic mass is 16.4. The van der Waals surface area contributed by atoms with E-state index in [0.29, 0.717) is 25.5 Å². The lowest BCUT2D eigenvalue weighted by Crippen LogP contribution is -2.37. The Hall–Kier alpha value is -3.62. The molecule has 4 heterocycles. The average Bonchev–Trinajstić information content (AvgIpc) is 3.40. The van der Waals surface area contributed by atoms with Gasteiger partial charge >= 0.3 is 12.0 Å². The fourth-order valence-electron chi connectivity index (χ4n) is 4.61. The summed E-state index contributed by atoms with van der Waals surface area (Å²) in [6.45, 7) is 2.81. The fourth-order valence-corrected chi connectivity index (χ4v) is 4.61. The number of carboxylic acids is 1. The van der Waals surface area contributed by atoms with E-state index < -0.39 is 11.9 Å². The lowest BCUT2D eigenvalue weighted by Gasteiger charge is -2.21. The quantitative estimate of drug-likeness (QED) is 0.488. The van der Waals surface area contributed by atoms with Crippen LogP contribution >= 0.6 is 0 Å². The summed E-state index contributed by atoms with van der Waals surface area (Å²) in [4.78, 5) is 40.5. The number of aryl methyl sites for hydroxylation is 2. The molecule has 0 aliphatic carbocycles. The van der Waals surface area contributed by atoms with Crippen molar-refractivity contribution >= 4 is 28.9 Å². The standard InChI is InChI=1S/C24H28N6O3/c31-23(32)18(22-27-19-7-1-2-8-20(19)28-22)15-30-14-13-29(24(30)33)12-4-6-17-10-9-16-5-3-11-25-21(16)26-17/h1-2,7-10,18H,3-6,11-15H2,(H,25,26)(H,27,28)(H,31,32)/t18-/m0/s1. The van der Waals surface area contributed by atoms with Crippen molar-refractivity contribution < 1.29 is 14.7 Å². The largest absolute Gasteiger partial charge is 0.481 e. The van der Waals surface area contributed by atoms with E-state index >= 15 is 0 Å². The number of H-pyrrole nitrogens is 1. The van der Waals surface area contributed by atoms with Crippen molar-refractivity contribution in [3.8, 4) is 0 Å². The molecule has 9 heteroatoms. The van der Waals surface area contributed by atoms with Crippen LogP contribution in [0.4, 0.5) is 10.6 Å². The minimum absolute atomic E-state index is 0.0997. The number of pyridine rings is 1. The van der Waals surface area contributed by atoms with E-state index in [1.807, 2.05) is 24.3 Å². The first kappa shape index (κ1) is 21.2. The molecule has 2 amide bonds. The maximum Gasteiger partial charge on any atom is 0.320 e. The number of hydrogen-bond donors (Lipinski definition) is 3. The molecule has 9 nitrogen and oxygen atoms in total. The minimum Gasteiger partial charge on any atom is -0.481 e. The van der Waals surface area contributed by atoms with Gasteiger partial charge in [-0.1, -0.05) is 18.2 Å². The number of nitrogens with zero attached hydrogens (tertiary/aromatic N) is 4. The molecule has 2 aliphatic rings. The Kier molecular flexibility index (Phi) is 5.85. The van der Waals surface area contributed by atoms with Gasteiger partial charge in [0.15, 0.2) is 0 Å². The first-order valence-corrected chi connectivity index (χ1v) is 11.5. The van der Waals surface area contributed by atoms with Crippen LogP contribution in [-0.4, -0.2) is 74.6 Å². The van der Waals surface area contributed by atoms with Gasteiger partial charge in [0.25, 0.3) is 0 Å². The van der Waals surface area contributed by atoms with Crippen LogP contribution in [0.3, 0.4) is 0 Å². The molecule has 2 aromatic heterocycles. The molecular weight excluding hydrogens is 420 g/mol. The predicted octanol–water partition coefficient (Wildman–Crippen LogP) is 2.85. The number of aromatic amines is 1. The maximum atomic E-state index is 12.9. The second-order valence-corrected chi connectivity index (χ2v) is 8.69. The molecule has 5 rings (SSSR count). The highest BCUT2D eigenvalue weighted by Gasteiger charge is 2.34. The van der Waals surface area contributed by atoms with Crippen LogP contribution in [0.2, 0.25) is 0 Å². The van der Waals surface area contributed by atoms with Gasteiger partial charge in [-0.15, -0.1) is 0 Å². The summed E-state index contributed by atoms with van der Waals surface area (Å²) >= 11 is 0. The number of urea groups is 1. The Morgan fingerprint density at radius 2 is 1.97 bits per heavy atom. The van der Waals surface area contributed by atoms with Gasteiger partial charge in [0.05, 0.1) is 11.0 Å². The summed E-state index contributed by atoms with van der Waals surface area (Å²) in [6.07, 6.45) is 3.83. The van der Waals surface area contributed by atoms with Crippen molar-refractivity contribution in [2.24, 2.45) is 0 Å². The number of amides is 2. The molecule has 0 radical (unpaired) electrons. The number of nitrogens with one attached hydrogen (secondary N) is 2. The molecule has 3 aromatic rings. The number of aromatic nitrogens is 3. The van der Waals surface area contributed by atoms with E-state index in [1.165, 1.54) is 5.56 Å².